The molecule has 0 aliphatic carbocycles. The van der Waals surface area contributed by atoms with Crippen molar-refractivity contribution in [1.82, 2.24) is 0 Å². The van der Waals surface area contributed by atoms with E-state index in [1.54, 1.807) is 0 Å². The van der Waals surface area contributed by atoms with Gasteiger partial charge in [0.1, 0.15) is 0 Å². The number of carboxylic acid groups (broad SMARTS) is 1. The largest absolute Gasteiger partial charge is 0.479 e. The molecule has 0 amide bonds. The Morgan fingerprint density at radius 1 is 1.00 bits per heavy atom. The summed E-state index contributed by atoms with van der Waals surface area (Å²) in [4.78, 5) is 32.4. The van der Waals surface area contributed by atoms with Crippen LogP contribution in [0.2, 0.25) is 0 Å². The van der Waals surface area contributed by atoms with E-state index in [1.165, 1.54) is 12.8 Å². The van der Waals surface area contributed by atoms with Gasteiger partial charge >= 0.3 is 5.97 Å². The first-order chi connectivity index (χ1) is 10.0. The SMILES string of the molecule is CCCCCCCCC(=O)C(CCCC)(OON)C(=O)O. The number of nitrogens with two attached hydrogens (primary N) is 1. The van der Waals surface area contributed by atoms with Gasteiger partial charge in [-0.3, -0.25) is 4.79 Å². The minimum Gasteiger partial charge on any atom is -0.479 e. The van der Waals surface area contributed by atoms with Crippen molar-refractivity contribution in [2.24, 2.45) is 5.90 Å². The molecule has 0 aromatic rings. The molecule has 6 nitrogen and oxygen atoms in total. The van der Waals surface area contributed by atoms with E-state index < -0.39 is 17.4 Å². The van der Waals surface area contributed by atoms with Crippen LogP contribution < -0.4 is 5.90 Å². The van der Waals surface area contributed by atoms with Gasteiger partial charge in [-0.15, -0.1) is 4.99 Å². The zero-order valence-corrected chi connectivity index (χ0v) is 13.2. The topological polar surface area (TPSA) is 98.9 Å². The van der Waals surface area contributed by atoms with Crippen LogP contribution in [0.3, 0.4) is 0 Å². The Bertz CT molecular complexity index is 308. The lowest BCUT2D eigenvalue weighted by atomic mass is 9.89. The fourth-order valence-electron chi connectivity index (χ4n) is 2.27. The Kier molecular flexibility index (Phi) is 11.1. The lowest BCUT2D eigenvalue weighted by Crippen LogP contribution is -2.49. The van der Waals surface area contributed by atoms with Gasteiger partial charge in [-0.05, 0) is 19.3 Å². The monoisotopic (exact) mass is 303 g/mol. The molecule has 0 saturated heterocycles. The maximum atomic E-state index is 12.2. The lowest BCUT2D eigenvalue weighted by molar-refractivity contribution is -0.349. The molecular weight excluding hydrogens is 274 g/mol. The van der Waals surface area contributed by atoms with Crippen LogP contribution in [0.5, 0.6) is 0 Å². The highest BCUT2D eigenvalue weighted by Gasteiger charge is 2.47. The Hall–Kier alpha value is -0.980. The summed E-state index contributed by atoms with van der Waals surface area (Å²) in [5.74, 6) is 3.03. The summed E-state index contributed by atoms with van der Waals surface area (Å²) in [6.07, 6.45) is 7.70. The number of hydrogen-bond acceptors (Lipinski definition) is 5. The number of unbranched alkanes of at least 4 members (excludes halogenated alkanes) is 6. The fourth-order valence-corrected chi connectivity index (χ4v) is 2.27. The van der Waals surface area contributed by atoms with E-state index in [0.717, 1.165) is 25.7 Å². The highest BCUT2D eigenvalue weighted by molar-refractivity contribution is 6.06. The lowest BCUT2D eigenvalue weighted by Gasteiger charge is -2.25. The summed E-state index contributed by atoms with van der Waals surface area (Å²) < 4.78 is 0. The van der Waals surface area contributed by atoms with Crippen molar-refractivity contribution < 1.29 is 24.6 Å². The molecule has 0 bridgehead atoms. The number of ketones is 1. The molecule has 0 aromatic heterocycles. The quantitative estimate of drug-likeness (QED) is 0.221. The molecule has 21 heavy (non-hydrogen) atoms. The number of hydrogen-bond donors (Lipinski definition) is 2. The Balaban J connectivity index is 4.46. The van der Waals surface area contributed by atoms with Crippen molar-refractivity contribution in [2.75, 3.05) is 0 Å². The third kappa shape index (κ3) is 7.02. The molecule has 1 atom stereocenters. The number of carbonyl (C=O) groups is 2. The van der Waals surface area contributed by atoms with Gasteiger partial charge in [-0.25, -0.2) is 4.79 Å². The van der Waals surface area contributed by atoms with Gasteiger partial charge in [0, 0.05) is 6.42 Å². The molecule has 1 unspecified atom stereocenters. The Morgan fingerprint density at radius 2 is 1.57 bits per heavy atom. The predicted octanol–water partition coefficient (Wildman–Crippen LogP) is 3.14. The smallest absolute Gasteiger partial charge is 0.347 e. The van der Waals surface area contributed by atoms with Gasteiger partial charge in [0.2, 0.25) is 0 Å². The molecule has 124 valence electrons. The van der Waals surface area contributed by atoms with Crippen LogP contribution in [0.1, 0.15) is 78.1 Å². The molecule has 0 spiro atoms. The van der Waals surface area contributed by atoms with Crippen LogP contribution in [0.15, 0.2) is 0 Å². The number of Topliss-reactive ketones (excluding diaryl/α,β-unsaturated/α-hetero) is 1. The van der Waals surface area contributed by atoms with E-state index in [4.69, 9.17) is 5.90 Å². The van der Waals surface area contributed by atoms with E-state index in [0.29, 0.717) is 12.8 Å². The predicted molar refractivity (Wildman–Crippen MR) is 79.2 cm³/mol. The second-order valence-corrected chi connectivity index (χ2v) is 5.36. The first kappa shape index (κ1) is 20.0. The summed E-state index contributed by atoms with van der Waals surface area (Å²) in [7, 11) is 0. The number of aliphatic carboxylic acids is 1. The van der Waals surface area contributed by atoms with Crippen LogP contribution in [-0.2, 0) is 19.5 Å². The zero-order chi connectivity index (χ0) is 16.1. The summed E-state index contributed by atoms with van der Waals surface area (Å²) >= 11 is 0. The molecule has 0 fully saturated rings. The third-order valence-corrected chi connectivity index (χ3v) is 3.63. The molecule has 0 aliphatic rings. The summed E-state index contributed by atoms with van der Waals surface area (Å²) in [5.41, 5.74) is -1.96. The van der Waals surface area contributed by atoms with E-state index in [1.807, 2.05) is 6.92 Å². The minimum atomic E-state index is -1.96. The number of carbonyl (C=O) groups excluding carboxylic acids is 1. The van der Waals surface area contributed by atoms with Crippen LogP contribution >= 0.6 is 0 Å². The van der Waals surface area contributed by atoms with Crippen LogP contribution in [0.4, 0.5) is 0 Å². The van der Waals surface area contributed by atoms with E-state index in [9.17, 15) is 14.7 Å². The van der Waals surface area contributed by atoms with Crippen LogP contribution in [-0.4, -0.2) is 22.5 Å². The van der Waals surface area contributed by atoms with Crippen LogP contribution in [0, 0.1) is 0 Å². The van der Waals surface area contributed by atoms with Crippen molar-refractivity contribution in [3.05, 3.63) is 0 Å². The second kappa shape index (κ2) is 11.7. The molecular formula is C15H29NO5. The van der Waals surface area contributed by atoms with Crippen molar-refractivity contribution >= 4 is 11.8 Å². The standard InChI is InChI=1S/C15H29NO5/c1-3-5-7-8-9-10-11-13(17)15(14(18)19,20-21-16)12-6-4-2/h3-12,16H2,1-2H3,(H,18,19). The van der Waals surface area contributed by atoms with Gasteiger partial charge in [0.15, 0.2) is 5.78 Å². The van der Waals surface area contributed by atoms with Gasteiger partial charge in [0.05, 0.1) is 0 Å². The molecule has 3 N–H and O–H groups in total. The maximum Gasteiger partial charge on any atom is 0.347 e. The van der Waals surface area contributed by atoms with Gasteiger partial charge in [-0.2, -0.15) is 10.8 Å². The van der Waals surface area contributed by atoms with Gasteiger partial charge < -0.3 is 5.11 Å². The molecule has 0 saturated carbocycles. The maximum absolute atomic E-state index is 12.2. The minimum absolute atomic E-state index is 0.0741. The number of rotatable bonds is 14. The van der Waals surface area contributed by atoms with E-state index in [-0.39, 0.29) is 12.8 Å². The van der Waals surface area contributed by atoms with Crippen LogP contribution in [0.25, 0.3) is 0 Å². The average molecular weight is 303 g/mol. The van der Waals surface area contributed by atoms with Gasteiger partial charge in [-0.1, -0.05) is 52.4 Å². The van der Waals surface area contributed by atoms with E-state index >= 15 is 0 Å². The molecule has 0 radical (unpaired) electrons. The average Bonchev–Trinajstić information content (AvgIpc) is 2.46. The first-order valence-electron chi connectivity index (χ1n) is 7.86. The molecule has 6 heteroatoms. The Labute approximate surface area is 126 Å². The van der Waals surface area contributed by atoms with Crippen molar-refractivity contribution in [2.45, 2.75) is 83.7 Å². The first-order valence-corrected chi connectivity index (χ1v) is 7.86. The fraction of sp³-hybridized carbons (Fsp3) is 0.867. The zero-order valence-electron chi connectivity index (χ0n) is 13.2. The molecule has 0 aliphatic heterocycles. The summed E-state index contributed by atoms with van der Waals surface area (Å²) in [6.45, 7) is 4.05. The molecule has 0 rings (SSSR count). The second-order valence-electron chi connectivity index (χ2n) is 5.36. The summed E-state index contributed by atoms with van der Waals surface area (Å²) in [5, 5.41) is 9.34. The molecule has 0 heterocycles. The Morgan fingerprint density at radius 3 is 2.10 bits per heavy atom. The third-order valence-electron chi connectivity index (χ3n) is 3.63. The summed E-state index contributed by atoms with van der Waals surface area (Å²) in [6, 6.07) is 0. The van der Waals surface area contributed by atoms with Gasteiger partial charge in [0.25, 0.3) is 5.60 Å². The van der Waals surface area contributed by atoms with Crippen molar-refractivity contribution in [1.29, 1.82) is 0 Å². The number of carboxylic acids is 1. The highest BCUT2D eigenvalue weighted by Crippen LogP contribution is 2.24. The highest BCUT2D eigenvalue weighted by atomic mass is 17.3. The van der Waals surface area contributed by atoms with Crippen molar-refractivity contribution in [3.8, 4) is 0 Å². The van der Waals surface area contributed by atoms with Crippen molar-refractivity contribution in [3.63, 3.8) is 0 Å². The normalized spacial score (nSPS) is 13.9. The van der Waals surface area contributed by atoms with E-state index in [2.05, 4.69) is 16.8 Å². The molecule has 0 aromatic carbocycles.